The molecule has 2 amide bonds. The van der Waals surface area contributed by atoms with Crippen LogP contribution >= 0.6 is 63.7 Å². The number of carbonyl (C=O) groups is 2. The molecule has 0 aliphatic carbocycles. The van der Waals surface area contributed by atoms with E-state index in [9.17, 15) is 9.59 Å². The highest BCUT2D eigenvalue weighted by molar-refractivity contribution is 9.13. The molecule has 8 heteroatoms. The van der Waals surface area contributed by atoms with E-state index in [0.717, 1.165) is 8.95 Å². The number of halogens is 4. The van der Waals surface area contributed by atoms with Crippen molar-refractivity contribution in [1.29, 1.82) is 0 Å². The van der Waals surface area contributed by atoms with Gasteiger partial charge in [-0.1, -0.05) is 6.07 Å². The molecule has 2 rings (SSSR count). The molecule has 0 bridgehead atoms. The summed E-state index contributed by atoms with van der Waals surface area (Å²) in [7, 11) is 0. The Morgan fingerprint density at radius 2 is 1.35 bits per heavy atom. The molecule has 2 aromatic rings. The average Bonchev–Trinajstić information content (AvgIpc) is 2.36. The summed E-state index contributed by atoms with van der Waals surface area (Å²) in [6.45, 7) is 0. The van der Waals surface area contributed by atoms with E-state index in [2.05, 4.69) is 63.7 Å². The van der Waals surface area contributed by atoms with E-state index in [1.807, 2.05) is 0 Å². The maximum absolute atomic E-state index is 11.8. The SMILES string of the molecule is NC(=O)c1c(Br)c(Br)c2c(Br)c(Br)ccc2c1C(N)=O. The highest BCUT2D eigenvalue weighted by atomic mass is 79.9. The molecule has 0 fully saturated rings. The predicted molar refractivity (Wildman–Crippen MR) is 91.8 cm³/mol. The van der Waals surface area contributed by atoms with Gasteiger partial charge in [0.1, 0.15) is 0 Å². The maximum atomic E-state index is 11.8. The lowest BCUT2D eigenvalue weighted by Crippen LogP contribution is -2.22. The van der Waals surface area contributed by atoms with Gasteiger partial charge in [-0.05, 0) is 75.2 Å². The zero-order valence-corrected chi connectivity index (χ0v) is 16.0. The highest BCUT2D eigenvalue weighted by Gasteiger charge is 2.25. The third-order valence-electron chi connectivity index (χ3n) is 2.74. The molecule has 20 heavy (non-hydrogen) atoms. The highest BCUT2D eigenvalue weighted by Crippen LogP contribution is 2.43. The Balaban J connectivity index is 3.16. The summed E-state index contributed by atoms with van der Waals surface area (Å²) in [6, 6.07) is 3.46. The van der Waals surface area contributed by atoms with Crippen molar-refractivity contribution in [3.8, 4) is 0 Å². The van der Waals surface area contributed by atoms with Crippen LogP contribution in [-0.4, -0.2) is 11.8 Å². The topological polar surface area (TPSA) is 86.2 Å². The molecule has 0 spiro atoms. The summed E-state index contributed by atoms with van der Waals surface area (Å²) in [5, 5.41) is 1.25. The zero-order chi connectivity index (χ0) is 15.2. The van der Waals surface area contributed by atoms with Crippen LogP contribution in [0.1, 0.15) is 20.7 Å². The standard InChI is InChI=1S/C12H6Br4N2O2/c13-4-2-1-3-5(11(17)19)7(12(18)20)10(16)9(15)6(3)8(4)14/h1-2H,(H2,17,19)(H2,18,20). The van der Waals surface area contributed by atoms with Gasteiger partial charge in [0.15, 0.2) is 0 Å². The van der Waals surface area contributed by atoms with Crippen LogP contribution in [0.5, 0.6) is 0 Å². The summed E-state index contributed by atoms with van der Waals surface area (Å²) in [5.41, 5.74) is 10.9. The van der Waals surface area contributed by atoms with Gasteiger partial charge in [0, 0.05) is 23.3 Å². The summed E-state index contributed by atoms with van der Waals surface area (Å²) >= 11 is 13.5. The number of amides is 2. The van der Waals surface area contributed by atoms with Gasteiger partial charge < -0.3 is 11.5 Å². The van der Waals surface area contributed by atoms with Crippen molar-refractivity contribution in [1.82, 2.24) is 0 Å². The fourth-order valence-corrected chi connectivity index (χ4v) is 4.27. The number of hydrogen-bond acceptors (Lipinski definition) is 2. The van der Waals surface area contributed by atoms with Gasteiger partial charge in [-0.2, -0.15) is 0 Å². The molecule has 0 atom stereocenters. The summed E-state index contributed by atoms with van der Waals surface area (Å²) in [6.07, 6.45) is 0. The van der Waals surface area contributed by atoms with Crippen molar-refractivity contribution in [2.75, 3.05) is 0 Å². The number of nitrogens with two attached hydrogens (primary N) is 2. The van der Waals surface area contributed by atoms with Gasteiger partial charge in [-0.15, -0.1) is 0 Å². The van der Waals surface area contributed by atoms with Crippen molar-refractivity contribution >= 4 is 86.3 Å². The van der Waals surface area contributed by atoms with Gasteiger partial charge in [0.05, 0.1) is 11.1 Å². The molecule has 0 saturated heterocycles. The minimum atomic E-state index is -0.729. The minimum absolute atomic E-state index is 0.0612. The zero-order valence-electron chi connectivity index (χ0n) is 9.64. The fourth-order valence-electron chi connectivity index (χ4n) is 1.92. The van der Waals surface area contributed by atoms with E-state index in [1.165, 1.54) is 0 Å². The largest absolute Gasteiger partial charge is 0.366 e. The monoisotopic (exact) mass is 526 g/mol. The second-order valence-electron chi connectivity index (χ2n) is 3.89. The lowest BCUT2D eigenvalue weighted by atomic mass is 9.98. The van der Waals surface area contributed by atoms with Gasteiger partial charge in [0.2, 0.25) is 5.91 Å². The molecule has 0 aliphatic heterocycles. The van der Waals surface area contributed by atoms with Gasteiger partial charge in [0.25, 0.3) is 5.91 Å². The Hall–Kier alpha value is -0.440. The third-order valence-corrected chi connectivity index (χ3v) is 6.87. The van der Waals surface area contributed by atoms with Gasteiger partial charge in [-0.25, -0.2) is 0 Å². The van der Waals surface area contributed by atoms with Crippen molar-refractivity contribution in [2.24, 2.45) is 11.5 Å². The molecule has 104 valence electrons. The number of fused-ring (bicyclic) bond motifs is 1. The summed E-state index contributed by atoms with van der Waals surface area (Å²) in [4.78, 5) is 23.4. The van der Waals surface area contributed by atoms with Crippen LogP contribution in [0.15, 0.2) is 30.0 Å². The van der Waals surface area contributed by atoms with Crippen molar-refractivity contribution in [2.45, 2.75) is 0 Å². The lowest BCUT2D eigenvalue weighted by Gasteiger charge is -2.15. The lowest BCUT2D eigenvalue weighted by molar-refractivity contribution is 0.0968. The van der Waals surface area contributed by atoms with E-state index in [-0.39, 0.29) is 11.1 Å². The fraction of sp³-hybridized carbons (Fsp3) is 0. The predicted octanol–water partition coefficient (Wildman–Crippen LogP) is 4.09. The second kappa shape index (κ2) is 5.75. The van der Waals surface area contributed by atoms with Crippen molar-refractivity contribution in [3.05, 3.63) is 41.2 Å². The van der Waals surface area contributed by atoms with Crippen LogP contribution in [0, 0.1) is 0 Å². The Morgan fingerprint density at radius 3 is 1.85 bits per heavy atom. The molecule has 0 unspecified atom stereocenters. The molecular weight excluding hydrogens is 524 g/mol. The Bertz CT molecular complexity index is 774. The smallest absolute Gasteiger partial charge is 0.250 e. The van der Waals surface area contributed by atoms with Gasteiger partial charge >= 0.3 is 0 Å². The van der Waals surface area contributed by atoms with E-state index in [4.69, 9.17) is 11.5 Å². The van der Waals surface area contributed by atoms with E-state index >= 15 is 0 Å². The summed E-state index contributed by atoms with van der Waals surface area (Å²) in [5.74, 6) is -1.45. The Labute approximate surface area is 147 Å². The number of primary amides is 2. The molecule has 0 aromatic heterocycles. The first-order valence-electron chi connectivity index (χ1n) is 5.15. The second-order valence-corrected chi connectivity index (χ2v) is 7.12. The first-order chi connectivity index (χ1) is 9.27. The average molecular weight is 530 g/mol. The molecule has 0 heterocycles. The maximum Gasteiger partial charge on any atom is 0.250 e. The molecule has 0 aliphatic rings. The third kappa shape index (κ3) is 2.43. The normalized spacial score (nSPS) is 10.8. The van der Waals surface area contributed by atoms with Crippen LogP contribution < -0.4 is 11.5 Å². The minimum Gasteiger partial charge on any atom is -0.366 e. The summed E-state index contributed by atoms with van der Waals surface area (Å²) < 4.78 is 2.55. The number of rotatable bonds is 2. The van der Waals surface area contributed by atoms with Crippen LogP contribution in [0.3, 0.4) is 0 Å². The van der Waals surface area contributed by atoms with E-state index < -0.39 is 11.8 Å². The van der Waals surface area contributed by atoms with Crippen LogP contribution in [0.2, 0.25) is 0 Å². The Kier molecular flexibility index (Phi) is 4.58. The molecular formula is C12H6Br4N2O2. The first-order valence-corrected chi connectivity index (χ1v) is 8.32. The van der Waals surface area contributed by atoms with Crippen LogP contribution in [0.4, 0.5) is 0 Å². The molecule has 4 nitrogen and oxygen atoms in total. The first kappa shape index (κ1) is 15.9. The van der Waals surface area contributed by atoms with Crippen LogP contribution in [-0.2, 0) is 0 Å². The molecule has 0 radical (unpaired) electrons. The van der Waals surface area contributed by atoms with Crippen LogP contribution in [0.25, 0.3) is 10.8 Å². The van der Waals surface area contributed by atoms with Crippen molar-refractivity contribution in [3.63, 3.8) is 0 Å². The number of hydrogen-bond donors (Lipinski definition) is 2. The Morgan fingerprint density at radius 1 is 0.800 bits per heavy atom. The molecule has 0 saturated carbocycles. The molecule has 4 N–H and O–H groups in total. The number of carbonyl (C=O) groups excluding carboxylic acids is 2. The van der Waals surface area contributed by atoms with E-state index in [1.54, 1.807) is 12.1 Å². The number of benzene rings is 2. The van der Waals surface area contributed by atoms with Gasteiger partial charge in [-0.3, -0.25) is 9.59 Å². The van der Waals surface area contributed by atoms with E-state index in [0.29, 0.717) is 19.7 Å². The quantitative estimate of drug-likeness (QED) is 0.614. The van der Waals surface area contributed by atoms with Crippen molar-refractivity contribution < 1.29 is 9.59 Å². The molecule has 2 aromatic carbocycles.